The standard InChI is InChI=1S/C44H75N5O8/c1-14-30(8)39(48(11)43(53)37(28(4)5)46-42(52)38(29(6)7)47(10)24-22-27(2)3)35(56-12)26-36(50)49-23-18-21-34(49)40(57-13)31(9)41(51)45-33(44(54)55)25-32-19-16-15-17-20-32/h15-17,19-20,27-31,33-35,37-40H,14,18,21-26H2,1-13H3,(H,45,51)(H,46,52)(H,54,55)/t30-,31+,33?,34-,35+,37-,38-,39-,40+/m0/s1. The van der Waals surface area contributed by atoms with Gasteiger partial charge in [0.25, 0.3) is 0 Å². The van der Waals surface area contributed by atoms with E-state index in [4.69, 9.17) is 9.47 Å². The summed E-state index contributed by atoms with van der Waals surface area (Å²) in [5, 5.41) is 15.7. The van der Waals surface area contributed by atoms with E-state index in [0.29, 0.717) is 25.3 Å². The molecule has 0 radical (unpaired) electrons. The van der Waals surface area contributed by atoms with Gasteiger partial charge in [-0.3, -0.25) is 24.1 Å². The van der Waals surface area contributed by atoms with Gasteiger partial charge >= 0.3 is 5.97 Å². The van der Waals surface area contributed by atoms with Crippen LogP contribution in [0.2, 0.25) is 0 Å². The number of rotatable bonds is 24. The summed E-state index contributed by atoms with van der Waals surface area (Å²) in [4.78, 5) is 73.6. The molecule has 2 rings (SSSR count). The van der Waals surface area contributed by atoms with Gasteiger partial charge < -0.3 is 35.0 Å². The summed E-state index contributed by atoms with van der Waals surface area (Å²) >= 11 is 0. The first-order valence-electron chi connectivity index (χ1n) is 21.0. The van der Waals surface area contributed by atoms with E-state index < -0.39 is 60.2 Å². The molecule has 1 heterocycles. The van der Waals surface area contributed by atoms with Crippen molar-refractivity contribution in [3.05, 3.63) is 35.9 Å². The molecule has 1 aromatic carbocycles. The van der Waals surface area contributed by atoms with Crippen LogP contribution in [0.15, 0.2) is 30.3 Å². The number of hydrogen-bond donors (Lipinski definition) is 3. The summed E-state index contributed by atoms with van der Waals surface area (Å²) in [6.45, 7) is 19.2. The van der Waals surface area contributed by atoms with Gasteiger partial charge in [-0.1, -0.05) is 99.1 Å². The highest BCUT2D eigenvalue weighted by atomic mass is 16.5. The second kappa shape index (κ2) is 23.8. The summed E-state index contributed by atoms with van der Waals surface area (Å²) in [6, 6.07) is 5.90. The van der Waals surface area contributed by atoms with Gasteiger partial charge in [-0.25, -0.2) is 4.79 Å². The average Bonchev–Trinajstić information content (AvgIpc) is 3.65. The predicted molar refractivity (Wildman–Crippen MR) is 223 cm³/mol. The van der Waals surface area contributed by atoms with E-state index in [-0.39, 0.29) is 48.3 Å². The minimum atomic E-state index is -1.14. The van der Waals surface area contributed by atoms with Gasteiger partial charge in [0.1, 0.15) is 12.1 Å². The van der Waals surface area contributed by atoms with Crippen molar-refractivity contribution < 1.29 is 38.6 Å². The van der Waals surface area contributed by atoms with E-state index in [9.17, 15) is 29.1 Å². The van der Waals surface area contributed by atoms with Crippen LogP contribution in [0.3, 0.4) is 0 Å². The molecule has 13 nitrogen and oxygen atoms in total. The Labute approximate surface area is 343 Å². The lowest BCUT2D eigenvalue weighted by Gasteiger charge is -2.41. The van der Waals surface area contributed by atoms with Crippen LogP contribution in [-0.4, -0.2) is 133 Å². The second-order valence-electron chi connectivity index (χ2n) is 17.3. The van der Waals surface area contributed by atoms with E-state index in [0.717, 1.165) is 24.9 Å². The van der Waals surface area contributed by atoms with Crippen LogP contribution in [0.25, 0.3) is 0 Å². The largest absolute Gasteiger partial charge is 0.480 e. The summed E-state index contributed by atoms with van der Waals surface area (Å²) in [5.74, 6) is -2.68. The first-order chi connectivity index (χ1) is 26.8. The Bertz CT molecular complexity index is 1420. The van der Waals surface area contributed by atoms with Gasteiger partial charge in [0.05, 0.1) is 42.7 Å². The summed E-state index contributed by atoms with van der Waals surface area (Å²) in [7, 11) is 6.74. The number of carbonyl (C=O) groups excluding carboxylic acids is 4. The molecule has 0 aliphatic carbocycles. The number of likely N-dealkylation sites (tertiary alicyclic amines) is 1. The number of carbonyl (C=O) groups is 5. The third-order valence-electron chi connectivity index (χ3n) is 11.8. The molecule has 1 saturated heterocycles. The van der Waals surface area contributed by atoms with Crippen LogP contribution in [0.5, 0.6) is 0 Å². The molecule has 0 spiro atoms. The lowest BCUT2D eigenvalue weighted by Crippen LogP contribution is -2.60. The molecular weight excluding hydrogens is 727 g/mol. The topological polar surface area (TPSA) is 158 Å². The minimum absolute atomic E-state index is 0.0103. The molecule has 4 amide bonds. The van der Waals surface area contributed by atoms with Crippen LogP contribution < -0.4 is 10.6 Å². The summed E-state index contributed by atoms with van der Waals surface area (Å²) in [6.07, 6.45) is 1.77. The number of benzene rings is 1. The van der Waals surface area contributed by atoms with Crippen molar-refractivity contribution in [3.8, 4) is 0 Å². The molecule has 1 unspecified atom stereocenters. The highest BCUT2D eigenvalue weighted by Crippen LogP contribution is 2.30. The summed E-state index contributed by atoms with van der Waals surface area (Å²) in [5.41, 5.74) is 0.786. The van der Waals surface area contributed by atoms with Crippen molar-refractivity contribution in [2.75, 3.05) is 41.4 Å². The number of likely N-dealkylation sites (N-methyl/N-ethyl adjacent to an activating group) is 2. The third-order valence-corrected chi connectivity index (χ3v) is 11.8. The fraction of sp³-hybridized carbons (Fsp3) is 0.750. The zero-order valence-corrected chi connectivity index (χ0v) is 37.1. The Kier molecular flexibility index (Phi) is 20.7. The fourth-order valence-corrected chi connectivity index (χ4v) is 8.24. The lowest BCUT2D eigenvalue weighted by molar-refractivity contribution is -0.148. The molecule has 57 heavy (non-hydrogen) atoms. The first-order valence-corrected chi connectivity index (χ1v) is 21.0. The molecule has 0 bridgehead atoms. The number of hydrogen-bond acceptors (Lipinski definition) is 8. The molecule has 13 heteroatoms. The normalized spacial score (nSPS) is 18.8. The maximum absolute atomic E-state index is 14.4. The van der Waals surface area contributed by atoms with Crippen LogP contribution in [0.1, 0.15) is 100.0 Å². The van der Waals surface area contributed by atoms with Crippen LogP contribution in [0.4, 0.5) is 0 Å². The molecule has 1 aliphatic heterocycles. The van der Waals surface area contributed by atoms with Crippen molar-refractivity contribution in [2.24, 2.45) is 29.6 Å². The van der Waals surface area contributed by atoms with E-state index in [1.807, 2.05) is 78.9 Å². The molecule has 0 saturated carbocycles. The zero-order valence-electron chi connectivity index (χ0n) is 37.1. The number of methoxy groups -OCH3 is 2. The van der Waals surface area contributed by atoms with Gasteiger partial charge in [0.2, 0.25) is 23.6 Å². The Morgan fingerprint density at radius 2 is 1.53 bits per heavy atom. The van der Waals surface area contributed by atoms with E-state index in [1.165, 1.54) is 7.11 Å². The first kappa shape index (κ1) is 49.6. The maximum Gasteiger partial charge on any atom is 0.326 e. The smallest absolute Gasteiger partial charge is 0.326 e. The van der Waals surface area contributed by atoms with Crippen molar-refractivity contribution in [1.82, 2.24) is 25.3 Å². The maximum atomic E-state index is 14.4. The average molecular weight is 802 g/mol. The molecule has 3 N–H and O–H groups in total. The Balaban J connectivity index is 2.28. The van der Waals surface area contributed by atoms with E-state index >= 15 is 0 Å². The lowest BCUT2D eigenvalue weighted by atomic mass is 9.89. The Morgan fingerprint density at radius 3 is 2.04 bits per heavy atom. The van der Waals surface area contributed by atoms with Gasteiger partial charge in [-0.15, -0.1) is 0 Å². The molecular formula is C44H75N5O8. The van der Waals surface area contributed by atoms with E-state index in [2.05, 4.69) is 29.4 Å². The van der Waals surface area contributed by atoms with Gasteiger partial charge in [0.15, 0.2) is 0 Å². The molecule has 1 aliphatic rings. The van der Waals surface area contributed by atoms with Gasteiger partial charge in [0, 0.05) is 34.2 Å². The quantitative estimate of drug-likeness (QED) is 0.133. The highest BCUT2D eigenvalue weighted by molar-refractivity contribution is 5.90. The third kappa shape index (κ3) is 14.1. The molecule has 324 valence electrons. The van der Waals surface area contributed by atoms with Crippen LogP contribution in [0, 0.1) is 29.6 Å². The monoisotopic (exact) mass is 802 g/mol. The number of amides is 4. The Morgan fingerprint density at radius 1 is 0.895 bits per heavy atom. The predicted octanol–water partition coefficient (Wildman–Crippen LogP) is 4.86. The van der Waals surface area contributed by atoms with Gasteiger partial charge in [-0.2, -0.15) is 0 Å². The SMILES string of the molecule is CC[C@H](C)[C@@H]([C@@H](CC(=O)N1CCC[C@H]1[C@H](OC)[C@@H](C)C(=O)NC(Cc1ccccc1)C(=O)O)OC)N(C)C(=O)[C@@H](NC(=O)[C@H](C(C)C)N(C)CCC(C)C)C(C)C. The van der Waals surface area contributed by atoms with Crippen LogP contribution >= 0.6 is 0 Å². The number of aliphatic carboxylic acids is 1. The fourth-order valence-electron chi connectivity index (χ4n) is 8.24. The van der Waals surface area contributed by atoms with Crippen molar-refractivity contribution in [3.63, 3.8) is 0 Å². The van der Waals surface area contributed by atoms with Crippen LogP contribution in [-0.2, 0) is 39.9 Å². The van der Waals surface area contributed by atoms with Crippen molar-refractivity contribution >= 4 is 29.6 Å². The van der Waals surface area contributed by atoms with Crippen molar-refractivity contribution in [2.45, 2.75) is 143 Å². The highest BCUT2D eigenvalue weighted by Gasteiger charge is 2.43. The molecule has 0 aromatic heterocycles. The van der Waals surface area contributed by atoms with E-state index in [1.54, 1.807) is 30.9 Å². The molecule has 9 atom stereocenters. The number of nitrogens with one attached hydrogen (secondary N) is 2. The molecule has 1 fully saturated rings. The second-order valence-corrected chi connectivity index (χ2v) is 17.3. The summed E-state index contributed by atoms with van der Waals surface area (Å²) < 4.78 is 11.9. The number of nitrogens with zero attached hydrogens (tertiary/aromatic N) is 3. The molecule has 1 aromatic rings. The number of ether oxygens (including phenoxy) is 2. The number of carboxylic acid groups (broad SMARTS) is 1. The Hall–Kier alpha value is -3.55. The number of carboxylic acids is 1. The zero-order chi connectivity index (χ0) is 43.1. The minimum Gasteiger partial charge on any atom is -0.480 e. The van der Waals surface area contributed by atoms with Gasteiger partial charge in [-0.05, 0) is 62.1 Å². The van der Waals surface area contributed by atoms with Crippen molar-refractivity contribution in [1.29, 1.82) is 0 Å².